The monoisotopic (exact) mass is 348 g/mol. The van der Waals surface area contributed by atoms with Crippen molar-refractivity contribution >= 4 is 12.1 Å². The number of H-pyrrole nitrogens is 1. The first-order valence-electron chi connectivity index (χ1n) is 7.87. The number of amides is 1. The van der Waals surface area contributed by atoms with E-state index in [1.807, 2.05) is 54.6 Å². The fourth-order valence-electron chi connectivity index (χ4n) is 2.08. The number of nitrogens with one attached hydrogen (secondary N) is 2. The molecule has 0 bridgehead atoms. The second kappa shape index (κ2) is 8.39. The van der Waals surface area contributed by atoms with Crippen LogP contribution in [0.25, 0.3) is 0 Å². The number of benzene rings is 2. The molecule has 3 rings (SSSR count). The van der Waals surface area contributed by atoms with Gasteiger partial charge in [-0.05, 0) is 41.5 Å². The first-order valence-corrected chi connectivity index (χ1v) is 7.87. The summed E-state index contributed by atoms with van der Waals surface area (Å²) in [5.41, 5.74) is 3.94. The topological polar surface area (TPSA) is 96.4 Å². The van der Waals surface area contributed by atoms with Gasteiger partial charge in [-0.3, -0.25) is 9.59 Å². The van der Waals surface area contributed by atoms with E-state index in [1.54, 1.807) is 0 Å². The summed E-state index contributed by atoms with van der Waals surface area (Å²) in [5, 5.41) is 9.67. The third-order valence-corrected chi connectivity index (χ3v) is 3.42. The molecule has 3 aromatic rings. The maximum absolute atomic E-state index is 11.8. The quantitative estimate of drug-likeness (QED) is 0.527. The molecule has 26 heavy (non-hydrogen) atoms. The summed E-state index contributed by atoms with van der Waals surface area (Å²) in [5.74, 6) is 0.229. The summed E-state index contributed by atoms with van der Waals surface area (Å²) < 4.78 is 5.71. The number of rotatable bonds is 6. The molecule has 1 heterocycles. The Labute approximate surface area is 149 Å². The minimum atomic E-state index is -0.514. The van der Waals surface area contributed by atoms with Crippen LogP contribution in [0.5, 0.6) is 5.75 Å². The Morgan fingerprint density at radius 3 is 2.54 bits per heavy atom. The SMILES string of the molecule is O=C(NN=Cc1ccc(OCc2ccccc2)cc1)c1ccc(=O)[nH]n1. The molecule has 0 aliphatic rings. The summed E-state index contributed by atoms with van der Waals surface area (Å²) in [4.78, 5) is 22.7. The number of carbonyl (C=O) groups excluding carboxylic acids is 1. The molecule has 2 aromatic carbocycles. The van der Waals surface area contributed by atoms with Crippen molar-refractivity contribution in [2.45, 2.75) is 6.61 Å². The summed E-state index contributed by atoms with van der Waals surface area (Å²) in [7, 11) is 0. The van der Waals surface area contributed by atoms with Gasteiger partial charge in [-0.1, -0.05) is 30.3 Å². The lowest BCUT2D eigenvalue weighted by atomic mass is 10.2. The Bertz CT molecular complexity index is 930. The van der Waals surface area contributed by atoms with E-state index < -0.39 is 5.91 Å². The largest absolute Gasteiger partial charge is 0.489 e. The van der Waals surface area contributed by atoms with Gasteiger partial charge < -0.3 is 4.74 Å². The lowest BCUT2D eigenvalue weighted by Gasteiger charge is -2.06. The molecule has 0 unspecified atom stereocenters. The van der Waals surface area contributed by atoms with Crippen molar-refractivity contribution in [2.24, 2.45) is 5.10 Å². The maximum atomic E-state index is 11.8. The van der Waals surface area contributed by atoms with E-state index in [9.17, 15) is 9.59 Å². The fourth-order valence-corrected chi connectivity index (χ4v) is 2.08. The van der Waals surface area contributed by atoms with Crippen molar-refractivity contribution in [1.29, 1.82) is 0 Å². The van der Waals surface area contributed by atoms with Crippen LogP contribution in [0.1, 0.15) is 21.6 Å². The van der Waals surface area contributed by atoms with Crippen LogP contribution >= 0.6 is 0 Å². The van der Waals surface area contributed by atoms with E-state index in [1.165, 1.54) is 18.3 Å². The first kappa shape index (κ1) is 17.1. The average Bonchev–Trinajstić information content (AvgIpc) is 2.68. The summed E-state index contributed by atoms with van der Waals surface area (Å²) in [6, 6.07) is 19.8. The number of hydrogen-bond acceptors (Lipinski definition) is 5. The fraction of sp³-hybridized carbons (Fsp3) is 0.0526. The number of hydrazone groups is 1. The van der Waals surface area contributed by atoms with Gasteiger partial charge in [0, 0.05) is 6.07 Å². The molecule has 2 N–H and O–H groups in total. The minimum Gasteiger partial charge on any atom is -0.489 e. The lowest BCUT2D eigenvalue weighted by Crippen LogP contribution is -2.21. The van der Waals surface area contributed by atoms with Crippen LogP contribution in [0.4, 0.5) is 0 Å². The average molecular weight is 348 g/mol. The molecule has 7 heteroatoms. The highest BCUT2D eigenvalue weighted by atomic mass is 16.5. The standard InChI is InChI=1S/C19H16N4O3/c24-18-11-10-17(21-22-18)19(25)23-20-12-14-6-8-16(9-7-14)26-13-15-4-2-1-3-5-15/h1-12H,13H2,(H,22,24)(H,23,25). The summed E-state index contributed by atoms with van der Waals surface area (Å²) in [6.07, 6.45) is 1.50. The van der Waals surface area contributed by atoms with Gasteiger partial charge in [0.15, 0.2) is 5.69 Å². The van der Waals surface area contributed by atoms with Crippen LogP contribution in [0, 0.1) is 0 Å². The first-order chi connectivity index (χ1) is 12.7. The van der Waals surface area contributed by atoms with E-state index in [-0.39, 0.29) is 11.3 Å². The number of ether oxygens (including phenoxy) is 1. The predicted molar refractivity (Wildman–Crippen MR) is 97.1 cm³/mol. The maximum Gasteiger partial charge on any atom is 0.291 e. The molecule has 1 aromatic heterocycles. The summed E-state index contributed by atoms with van der Waals surface area (Å²) in [6.45, 7) is 0.497. The number of nitrogens with zero attached hydrogens (tertiary/aromatic N) is 2. The lowest BCUT2D eigenvalue weighted by molar-refractivity contribution is 0.0949. The Morgan fingerprint density at radius 1 is 1.08 bits per heavy atom. The second-order valence-electron chi connectivity index (χ2n) is 5.35. The molecule has 0 spiro atoms. The highest BCUT2D eigenvalue weighted by Crippen LogP contribution is 2.13. The van der Waals surface area contributed by atoms with E-state index >= 15 is 0 Å². The second-order valence-corrected chi connectivity index (χ2v) is 5.35. The Kier molecular flexibility index (Phi) is 5.51. The van der Waals surface area contributed by atoms with Gasteiger partial charge >= 0.3 is 0 Å². The highest BCUT2D eigenvalue weighted by Gasteiger charge is 2.05. The Balaban J connectivity index is 1.52. The van der Waals surface area contributed by atoms with Crippen molar-refractivity contribution in [3.8, 4) is 5.75 Å². The molecule has 130 valence electrons. The van der Waals surface area contributed by atoms with Crippen LogP contribution in [-0.2, 0) is 6.61 Å². The molecule has 0 radical (unpaired) electrons. The zero-order chi connectivity index (χ0) is 18.2. The minimum absolute atomic E-state index is 0.0754. The van der Waals surface area contributed by atoms with Gasteiger partial charge in [-0.2, -0.15) is 10.2 Å². The Hall–Kier alpha value is -3.74. The third kappa shape index (κ3) is 4.88. The highest BCUT2D eigenvalue weighted by molar-refractivity contribution is 5.92. The zero-order valence-corrected chi connectivity index (χ0v) is 13.8. The third-order valence-electron chi connectivity index (χ3n) is 3.42. The van der Waals surface area contributed by atoms with Gasteiger partial charge in [-0.15, -0.1) is 0 Å². The van der Waals surface area contributed by atoms with E-state index in [0.29, 0.717) is 6.61 Å². The van der Waals surface area contributed by atoms with Crippen molar-refractivity contribution in [2.75, 3.05) is 0 Å². The normalized spacial score (nSPS) is 10.6. The van der Waals surface area contributed by atoms with Gasteiger partial charge in [0.05, 0.1) is 6.21 Å². The van der Waals surface area contributed by atoms with Gasteiger partial charge in [0.2, 0.25) is 0 Å². The molecule has 0 aliphatic carbocycles. The van der Waals surface area contributed by atoms with Crippen molar-refractivity contribution in [3.63, 3.8) is 0 Å². The molecule has 0 saturated heterocycles. The zero-order valence-electron chi connectivity index (χ0n) is 13.8. The van der Waals surface area contributed by atoms with Crippen molar-refractivity contribution in [3.05, 3.63) is 93.9 Å². The van der Waals surface area contributed by atoms with E-state index in [0.717, 1.165) is 16.9 Å². The number of aromatic amines is 1. The molecule has 7 nitrogen and oxygen atoms in total. The summed E-state index contributed by atoms with van der Waals surface area (Å²) >= 11 is 0. The van der Waals surface area contributed by atoms with Gasteiger partial charge in [0.1, 0.15) is 12.4 Å². The number of hydrogen-bond donors (Lipinski definition) is 2. The molecular weight excluding hydrogens is 332 g/mol. The predicted octanol–water partition coefficient (Wildman–Crippen LogP) is 2.11. The van der Waals surface area contributed by atoms with Crippen molar-refractivity contribution < 1.29 is 9.53 Å². The molecule has 0 atom stereocenters. The molecular formula is C19H16N4O3. The molecule has 0 aliphatic heterocycles. The van der Waals surface area contributed by atoms with E-state index in [2.05, 4.69) is 20.7 Å². The van der Waals surface area contributed by atoms with Gasteiger partial charge in [0.25, 0.3) is 11.5 Å². The number of carbonyl (C=O) groups is 1. The van der Waals surface area contributed by atoms with Gasteiger partial charge in [-0.25, -0.2) is 10.5 Å². The molecule has 0 saturated carbocycles. The van der Waals surface area contributed by atoms with Crippen LogP contribution in [0.3, 0.4) is 0 Å². The number of aromatic nitrogens is 2. The van der Waals surface area contributed by atoms with Crippen LogP contribution in [-0.4, -0.2) is 22.3 Å². The van der Waals surface area contributed by atoms with Crippen LogP contribution < -0.4 is 15.7 Å². The molecule has 0 fully saturated rings. The smallest absolute Gasteiger partial charge is 0.291 e. The van der Waals surface area contributed by atoms with Crippen LogP contribution in [0.2, 0.25) is 0 Å². The van der Waals surface area contributed by atoms with E-state index in [4.69, 9.17) is 4.74 Å². The van der Waals surface area contributed by atoms with Crippen molar-refractivity contribution in [1.82, 2.24) is 15.6 Å². The Morgan fingerprint density at radius 2 is 1.85 bits per heavy atom. The molecule has 1 amide bonds. The van der Waals surface area contributed by atoms with Crippen LogP contribution in [0.15, 0.2) is 76.6 Å².